The van der Waals surface area contributed by atoms with Gasteiger partial charge < -0.3 is 4.74 Å². The molecule has 1 aromatic rings. The Kier molecular flexibility index (Phi) is 4.83. The summed E-state index contributed by atoms with van der Waals surface area (Å²) in [6.07, 6.45) is 1.31. The van der Waals surface area contributed by atoms with E-state index < -0.39 is 11.7 Å². The lowest BCUT2D eigenvalue weighted by Gasteiger charge is -2.18. The number of rotatable bonds is 3. The van der Waals surface area contributed by atoms with Crippen LogP contribution in [0.2, 0.25) is 0 Å². The molecule has 18 heavy (non-hydrogen) atoms. The Morgan fingerprint density at radius 2 is 2.22 bits per heavy atom. The molecule has 0 unspecified atom stereocenters. The van der Waals surface area contributed by atoms with Gasteiger partial charge >= 0.3 is 6.09 Å². The van der Waals surface area contributed by atoms with Crippen LogP contribution in [0.25, 0.3) is 0 Å². The van der Waals surface area contributed by atoms with Gasteiger partial charge in [-0.05, 0) is 38.5 Å². The number of nitrogens with zero attached hydrogens (tertiary/aromatic N) is 1. The van der Waals surface area contributed by atoms with E-state index in [0.29, 0.717) is 6.42 Å². The van der Waals surface area contributed by atoms with E-state index >= 15 is 0 Å². The molecule has 0 fully saturated rings. The topological polar surface area (TPSA) is 50.7 Å². The number of carbonyl (C=O) groups is 1. The highest BCUT2D eigenvalue weighted by molar-refractivity contribution is 5.70. The second kappa shape index (κ2) is 6.14. The minimum absolute atomic E-state index is 0.291. The Balaban J connectivity index is 2.36. The van der Waals surface area contributed by atoms with Crippen LogP contribution < -0.4 is 5.43 Å². The van der Waals surface area contributed by atoms with Gasteiger partial charge in [0.15, 0.2) is 0 Å². The zero-order valence-electron chi connectivity index (χ0n) is 10.7. The number of hydrazone groups is 1. The Bertz CT molecular complexity index is 439. The normalized spacial score (nSPS) is 11.6. The number of ether oxygens (including phenoxy) is 1. The summed E-state index contributed by atoms with van der Waals surface area (Å²) in [5, 5.41) is 3.71. The minimum atomic E-state index is -0.613. The molecule has 1 amide bonds. The lowest BCUT2D eigenvalue weighted by molar-refractivity contribution is 0.0529. The molecule has 98 valence electrons. The summed E-state index contributed by atoms with van der Waals surface area (Å²) in [4.78, 5) is 11.2. The quantitative estimate of drug-likeness (QED) is 0.664. The predicted molar refractivity (Wildman–Crippen MR) is 68.0 cm³/mol. The molecule has 5 heteroatoms. The van der Waals surface area contributed by atoms with Crippen LogP contribution in [-0.2, 0) is 11.2 Å². The van der Waals surface area contributed by atoms with E-state index in [-0.39, 0.29) is 5.82 Å². The van der Waals surface area contributed by atoms with Crippen molar-refractivity contribution >= 4 is 12.3 Å². The fourth-order valence-electron chi connectivity index (χ4n) is 1.21. The maximum atomic E-state index is 12.9. The average Bonchev–Trinajstić information content (AvgIpc) is 2.22. The van der Waals surface area contributed by atoms with Crippen molar-refractivity contribution in [2.75, 3.05) is 0 Å². The Morgan fingerprint density at radius 3 is 2.83 bits per heavy atom. The van der Waals surface area contributed by atoms with Crippen molar-refractivity contribution in [2.24, 2.45) is 5.10 Å². The van der Waals surface area contributed by atoms with E-state index in [0.717, 1.165) is 5.56 Å². The molecule has 1 rings (SSSR count). The van der Waals surface area contributed by atoms with Crippen molar-refractivity contribution in [2.45, 2.75) is 32.8 Å². The number of benzene rings is 1. The average molecular weight is 252 g/mol. The van der Waals surface area contributed by atoms with Crippen LogP contribution in [0.5, 0.6) is 0 Å². The summed E-state index contributed by atoms with van der Waals surface area (Å²) in [5.74, 6) is -0.291. The monoisotopic (exact) mass is 252 g/mol. The molecule has 0 saturated heterocycles. The smallest absolute Gasteiger partial charge is 0.428 e. The summed E-state index contributed by atoms with van der Waals surface area (Å²) in [7, 11) is 0. The van der Waals surface area contributed by atoms with E-state index in [1.54, 1.807) is 32.9 Å². The highest BCUT2D eigenvalue weighted by atomic mass is 19.1. The molecule has 0 aliphatic carbocycles. The van der Waals surface area contributed by atoms with Gasteiger partial charge in [0.25, 0.3) is 0 Å². The summed E-state index contributed by atoms with van der Waals surface area (Å²) < 4.78 is 17.8. The number of hydrogen-bond acceptors (Lipinski definition) is 3. The van der Waals surface area contributed by atoms with Gasteiger partial charge in [-0.25, -0.2) is 14.6 Å². The van der Waals surface area contributed by atoms with E-state index in [4.69, 9.17) is 4.74 Å². The Hall–Kier alpha value is -1.91. The molecular weight excluding hydrogens is 235 g/mol. The molecule has 0 atom stereocenters. The van der Waals surface area contributed by atoms with Crippen LogP contribution in [0, 0.1) is 5.82 Å². The molecule has 0 aliphatic heterocycles. The standard InChI is InChI=1S/C13H17FN2O2/c1-13(2,3)18-12(17)16-15-8-7-10-5-4-6-11(14)9-10/h4-6,8-9H,7H2,1-3H3,(H,16,17)/b15-8+. The van der Waals surface area contributed by atoms with E-state index in [1.807, 2.05) is 0 Å². The van der Waals surface area contributed by atoms with E-state index in [1.165, 1.54) is 18.3 Å². The van der Waals surface area contributed by atoms with Gasteiger partial charge in [0.1, 0.15) is 11.4 Å². The lowest BCUT2D eigenvalue weighted by atomic mass is 10.2. The largest absolute Gasteiger partial charge is 0.443 e. The number of carbonyl (C=O) groups excluding carboxylic acids is 1. The van der Waals surface area contributed by atoms with Crippen LogP contribution in [0.1, 0.15) is 26.3 Å². The SMILES string of the molecule is CC(C)(C)OC(=O)N/N=C/Cc1cccc(F)c1. The maximum absolute atomic E-state index is 12.9. The second-order valence-electron chi connectivity index (χ2n) is 4.76. The maximum Gasteiger partial charge on any atom is 0.428 e. The summed E-state index contributed by atoms with van der Waals surface area (Å²) >= 11 is 0. The number of hydrogen-bond donors (Lipinski definition) is 1. The van der Waals surface area contributed by atoms with Gasteiger partial charge in [0.2, 0.25) is 0 Å². The van der Waals surface area contributed by atoms with Gasteiger partial charge in [0.05, 0.1) is 0 Å². The number of nitrogens with one attached hydrogen (secondary N) is 1. The molecular formula is C13H17FN2O2. The van der Waals surface area contributed by atoms with Crippen LogP contribution in [0.3, 0.4) is 0 Å². The van der Waals surface area contributed by atoms with Gasteiger partial charge in [-0.3, -0.25) is 0 Å². The zero-order chi connectivity index (χ0) is 13.6. The van der Waals surface area contributed by atoms with Crippen LogP contribution in [-0.4, -0.2) is 17.9 Å². The minimum Gasteiger partial charge on any atom is -0.443 e. The molecule has 0 bridgehead atoms. The lowest BCUT2D eigenvalue weighted by Crippen LogP contribution is -2.29. The van der Waals surface area contributed by atoms with Crippen molar-refractivity contribution in [1.29, 1.82) is 0 Å². The fourth-order valence-corrected chi connectivity index (χ4v) is 1.21. The van der Waals surface area contributed by atoms with Crippen molar-refractivity contribution in [3.05, 3.63) is 35.6 Å². The fraction of sp³-hybridized carbons (Fsp3) is 0.385. The first-order valence-corrected chi connectivity index (χ1v) is 5.62. The third kappa shape index (κ3) is 5.98. The molecule has 1 aromatic carbocycles. The number of halogens is 1. The molecule has 1 N–H and O–H groups in total. The zero-order valence-corrected chi connectivity index (χ0v) is 10.7. The highest BCUT2D eigenvalue weighted by Crippen LogP contribution is 2.06. The van der Waals surface area contributed by atoms with Gasteiger partial charge in [0, 0.05) is 12.6 Å². The molecule has 4 nitrogen and oxygen atoms in total. The van der Waals surface area contributed by atoms with E-state index in [9.17, 15) is 9.18 Å². The van der Waals surface area contributed by atoms with Crippen molar-refractivity contribution in [1.82, 2.24) is 5.43 Å². The van der Waals surface area contributed by atoms with Crippen LogP contribution in [0.15, 0.2) is 29.4 Å². The van der Waals surface area contributed by atoms with Crippen molar-refractivity contribution < 1.29 is 13.9 Å². The Morgan fingerprint density at radius 1 is 1.50 bits per heavy atom. The third-order valence-electron chi connectivity index (χ3n) is 1.86. The number of amides is 1. The molecule has 0 spiro atoms. The summed E-state index contributed by atoms with van der Waals surface area (Å²) in [6, 6.07) is 6.20. The molecule has 0 saturated carbocycles. The highest BCUT2D eigenvalue weighted by Gasteiger charge is 2.15. The molecule has 0 radical (unpaired) electrons. The van der Waals surface area contributed by atoms with Gasteiger partial charge in [-0.1, -0.05) is 12.1 Å². The molecule has 0 heterocycles. The van der Waals surface area contributed by atoms with Gasteiger partial charge in [-0.15, -0.1) is 0 Å². The van der Waals surface area contributed by atoms with Gasteiger partial charge in [-0.2, -0.15) is 5.10 Å². The molecule has 0 aliphatic rings. The van der Waals surface area contributed by atoms with Crippen LogP contribution in [0.4, 0.5) is 9.18 Å². The first kappa shape index (κ1) is 14.2. The summed E-state index contributed by atoms with van der Waals surface area (Å²) in [6.45, 7) is 5.30. The predicted octanol–water partition coefficient (Wildman–Crippen LogP) is 2.88. The van der Waals surface area contributed by atoms with Crippen molar-refractivity contribution in [3.8, 4) is 0 Å². The summed E-state index contributed by atoms with van der Waals surface area (Å²) in [5.41, 5.74) is 2.47. The van der Waals surface area contributed by atoms with E-state index in [2.05, 4.69) is 10.5 Å². The second-order valence-corrected chi connectivity index (χ2v) is 4.76. The van der Waals surface area contributed by atoms with Crippen LogP contribution >= 0.6 is 0 Å². The third-order valence-corrected chi connectivity index (χ3v) is 1.86. The first-order chi connectivity index (χ1) is 8.37. The Labute approximate surface area is 106 Å². The first-order valence-electron chi connectivity index (χ1n) is 5.62. The molecule has 0 aromatic heterocycles. The van der Waals surface area contributed by atoms with Crippen molar-refractivity contribution in [3.63, 3.8) is 0 Å².